The van der Waals surface area contributed by atoms with Gasteiger partial charge in [0.15, 0.2) is 6.10 Å². The van der Waals surface area contributed by atoms with Crippen molar-refractivity contribution in [2.75, 3.05) is 33.4 Å². The molecular weight excluding hydrogens is 208 g/mol. The molecule has 5 heteroatoms. The van der Waals surface area contributed by atoms with E-state index in [1.807, 2.05) is 7.05 Å². The third-order valence-corrected chi connectivity index (χ3v) is 3.34. The Morgan fingerprint density at radius 1 is 1.50 bits per heavy atom. The molecule has 5 nitrogen and oxygen atoms in total. The van der Waals surface area contributed by atoms with Crippen LogP contribution < -0.4 is 5.73 Å². The van der Waals surface area contributed by atoms with Gasteiger partial charge in [0.05, 0.1) is 19.8 Å². The molecule has 2 N–H and O–H groups in total. The van der Waals surface area contributed by atoms with Gasteiger partial charge in [0, 0.05) is 19.6 Å². The maximum absolute atomic E-state index is 12.1. The van der Waals surface area contributed by atoms with E-state index in [1.165, 1.54) is 12.8 Å². The van der Waals surface area contributed by atoms with E-state index in [1.54, 1.807) is 4.90 Å². The van der Waals surface area contributed by atoms with Crippen molar-refractivity contribution in [2.24, 2.45) is 11.7 Å². The number of amides is 1. The largest absolute Gasteiger partial charge is 0.376 e. The summed E-state index contributed by atoms with van der Waals surface area (Å²) < 4.78 is 10.6. The van der Waals surface area contributed by atoms with Crippen molar-refractivity contribution in [3.8, 4) is 0 Å². The van der Waals surface area contributed by atoms with Crippen molar-refractivity contribution in [2.45, 2.75) is 25.0 Å². The van der Waals surface area contributed by atoms with Crippen molar-refractivity contribution in [1.29, 1.82) is 0 Å². The van der Waals surface area contributed by atoms with Gasteiger partial charge in [-0.15, -0.1) is 0 Å². The zero-order valence-corrected chi connectivity index (χ0v) is 9.72. The van der Waals surface area contributed by atoms with Crippen molar-refractivity contribution < 1.29 is 14.3 Å². The number of nitrogens with two attached hydrogens (primary N) is 1. The molecule has 0 bridgehead atoms. The highest BCUT2D eigenvalue weighted by molar-refractivity contribution is 5.81. The van der Waals surface area contributed by atoms with Crippen LogP contribution in [0.3, 0.4) is 0 Å². The first-order chi connectivity index (χ1) is 7.74. The third kappa shape index (κ3) is 2.53. The van der Waals surface area contributed by atoms with E-state index in [9.17, 15) is 4.79 Å². The average Bonchev–Trinajstić information content (AvgIpc) is 3.14. The first-order valence-corrected chi connectivity index (χ1v) is 5.90. The Kier molecular flexibility index (Phi) is 3.78. The van der Waals surface area contributed by atoms with Gasteiger partial charge in [0.2, 0.25) is 0 Å². The fraction of sp³-hybridized carbons (Fsp3) is 0.909. The van der Waals surface area contributed by atoms with Crippen molar-refractivity contribution >= 4 is 5.91 Å². The van der Waals surface area contributed by atoms with Crippen LogP contribution in [0, 0.1) is 5.92 Å². The average molecular weight is 228 g/mol. The van der Waals surface area contributed by atoms with Crippen LogP contribution >= 0.6 is 0 Å². The summed E-state index contributed by atoms with van der Waals surface area (Å²) in [5, 5.41) is 0. The topological polar surface area (TPSA) is 64.8 Å². The van der Waals surface area contributed by atoms with Gasteiger partial charge >= 0.3 is 0 Å². The molecule has 2 unspecified atom stereocenters. The molecule has 0 aromatic heterocycles. The van der Waals surface area contributed by atoms with Crippen LogP contribution in [0.4, 0.5) is 0 Å². The number of hydrogen-bond acceptors (Lipinski definition) is 4. The number of carbonyl (C=O) groups is 1. The van der Waals surface area contributed by atoms with E-state index < -0.39 is 6.10 Å². The fourth-order valence-electron chi connectivity index (χ4n) is 2.17. The number of carbonyl (C=O) groups excluding carboxylic acids is 1. The molecule has 0 spiro atoms. The predicted molar refractivity (Wildman–Crippen MR) is 58.9 cm³/mol. The molecule has 0 radical (unpaired) electrons. The van der Waals surface area contributed by atoms with Crippen molar-refractivity contribution in [3.05, 3.63) is 0 Å². The quantitative estimate of drug-likeness (QED) is 0.711. The van der Waals surface area contributed by atoms with Gasteiger partial charge in [-0.2, -0.15) is 0 Å². The molecule has 2 fully saturated rings. The Morgan fingerprint density at radius 2 is 2.25 bits per heavy atom. The molecular formula is C11H20N2O3. The zero-order valence-electron chi connectivity index (χ0n) is 9.72. The monoisotopic (exact) mass is 228 g/mol. The Balaban J connectivity index is 1.91. The standard InChI is InChI=1S/C11H20N2O3/c1-13(9(6-12)8-2-3-8)11(14)10-7-15-4-5-16-10/h8-10H,2-7,12H2,1H3. The minimum absolute atomic E-state index is 0.00190. The molecule has 1 saturated carbocycles. The smallest absolute Gasteiger partial charge is 0.254 e. The van der Waals surface area contributed by atoms with E-state index in [0.29, 0.717) is 32.3 Å². The van der Waals surface area contributed by atoms with Crippen LogP contribution in [0.25, 0.3) is 0 Å². The van der Waals surface area contributed by atoms with Crippen LogP contribution in [0.5, 0.6) is 0 Å². The molecule has 1 aliphatic heterocycles. The van der Waals surface area contributed by atoms with Crippen molar-refractivity contribution in [3.63, 3.8) is 0 Å². The number of hydrogen-bond donors (Lipinski definition) is 1. The molecule has 2 atom stereocenters. The highest BCUT2D eigenvalue weighted by atomic mass is 16.6. The minimum atomic E-state index is -0.438. The van der Waals surface area contributed by atoms with Crippen LogP contribution in [-0.2, 0) is 14.3 Å². The number of likely N-dealkylation sites (N-methyl/N-ethyl adjacent to an activating group) is 1. The maximum Gasteiger partial charge on any atom is 0.254 e. The van der Waals surface area contributed by atoms with Gasteiger partial charge in [0.25, 0.3) is 5.91 Å². The van der Waals surface area contributed by atoms with Gasteiger partial charge in [-0.25, -0.2) is 0 Å². The van der Waals surface area contributed by atoms with Crippen LogP contribution in [0.2, 0.25) is 0 Å². The van der Waals surface area contributed by atoms with Crippen LogP contribution in [0.1, 0.15) is 12.8 Å². The molecule has 0 aromatic rings. The van der Waals surface area contributed by atoms with E-state index >= 15 is 0 Å². The number of rotatable bonds is 4. The van der Waals surface area contributed by atoms with Crippen molar-refractivity contribution in [1.82, 2.24) is 4.90 Å². The Labute approximate surface area is 95.9 Å². The lowest BCUT2D eigenvalue weighted by molar-refractivity contribution is -0.158. The molecule has 2 aliphatic rings. The Morgan fingerprint density at radius 3 is 2.75 bits per heavy atom. The third-order valence-electron chi connectivity index (χ3n) is 3.34. The van der Waals surface area contributed by atoms with E-state index in [4.69, 9.17) is 15.2 Å². The summed E-state index contributed by atoms with van der Waals surface area (Å²) >= 11 is 0. The Hall–Kier alpha value is -0.650. The molecule has 92 valence electrons. The summed E-state index contributed by atoms with van der Waals surface area (Å²) in [6.07, 6.45) is 1.93. The van der Waals surface area contributed by atoms with Gasteiger partial charge < -0.3 is 20.1 Å². The second-order valence-electron chi connectivity index (χ2n) is 4.52. The zero-order chi connectivity index (χ0) is 11.5. The predicted octanol–water partition coefficient (Wildman–Crippen LogP) is -0.402. The van der Waals surface area contributed by atoms with E-state index in [2.05, 4.69) is 0 Å². The Bertz CT molecular complexity index is 250. The first kappa shape index (κ1) is 11.8. The lowest BCUT2D eigenvalue weighted by Crippen LogP contribution is -2.50. The molecule has 0 aromatic carbocycles. The van der Waals surface area contributed by atoms with Crippen LogP contribution in [-0.4, -0.2) is 56.4 Å². The summed E-state index contributed by atoms with van der Waals surface area (Å²) in [7, 11) is 1.82. The van der Waals surface area contributed by atoms with Gasteiger partial charge in [0.1, 0.15) is 0 Å². The molecule has 1 amide bonds. The summed E-state index contributed by atoms with van der Waals surface area (Å²) in [6.45, 7) is 1.98. The summed E-state index contributed by atoms with van der Waals surface area (Å²) in [6, 6.07) is 0.165. The number of ether oxygens (including phenoxy) is 2. The number of nitrogens with zero attached hydrogens (tertiary/aromatic N) is 1. The summed E-state index contributed by atoms with van der Waals surface area (Å²) in [5.74, 6) is 0.588. The minimum Gasteiger partial charge on any atom is -0.376 e. The highest BCUT2D eigenvalue weighted by Gasteiger charge is 2.37. The fourth-order valence-corrected chi connectivity index (χ4v) is 2.17. The van der Waals surface area contributed by atoms with Gasteiger partial charge in [-0.3, -0.25) is 4.79 Å². The maximum atomic E-state index is 12.1. The van der Waals surface area contributed by atoms with Gasteiger partial charge in [-0.1, -0.05) is 0 Å². The molecule has 1 aliphatic carbocycles. The normalized spacial score (nSPS) is 27.5. The first-order valence-electron chi connectivity index (χ1n) is 5.90. The SMILES string of the molecule is CN(C(=O)C1COCCO1)C(CN)C1CC1. The summed E-state index contributed by atoms with van der Waals surface area (Å²) in [4.78, 5) is 13.8. The molecule has 1 heterocycles. The lowest BCUT2D eigenvalue weighted by atomic mass is 10.1. The second-order valence-corrected chi connectivity index (χ2v) is 4.52. The molecule has 1 saturated heterocycles. The molecule has 16 heavy (non-hydrogen) atoms. The van der Waals surface area contributed by atoms with Gasteiger partial charge in [-0.05, 0) is 18.8 Å². The highest BCUT2D eigenvalue weighted by Crippen LogP contribution is 2.34. The van der Waals surface area contributed by atoms with E-state index in [-0.39, 0.29) is 11.9 Å². The van der Waals surface area contributed by atoms with Crippen LogP contribution in [0.15, 0.2) is 0 Å². The van der Waals surface area contributed by atoms with E-state index in [0.717, 1.165) is 0 Å². The molecule has 2 rings (SSSR count). The summed E-state index contributed by atoms with van der Waals surface area (Å²) in [5.41, 5.74) is 5.72. The second kappa shape index (κ2) is 5.12. The lowest BCUT2D eigenvalue weighted by Gasteiger charge is -2.32.